The van der Waals surface area contributed by atoms with Gasteiger partial charge in [-0.05, 0) is 47.8 Å². The van der Waals surface area contributed by atoms with E-state index in [0.717, 1.165) is 24.2 Å². The van der Waals surface area contributed by atoms with Gasteiger partial charge in [0, 0.05) is 36.8 Å². The number of fused-ring (bicyclic) bond motifs is 1. The summed E-state index contributed by atoms with van der Waals surface area (Å²) in [6.07, 6.45) is 2.06. The number of ether oxygens (including phenoxy) is 1. The fraction of sp³-hybridized carbons (Fsp3) is 0.529. The maximum Gasteiger partial charge on any atom is 0.410 e. The first-order valence-electron chi connectivity index (χ1n) is 16.9. The summed E-state index contributed by atoms with van der Waals surface area (Å²) in [6.45, 7) is 8.70. The molecule has 6 rings (SSSR count). The van der Waals surface area contributed by atoms with Crippen LogP contribution >= 0.6 is 18.6 Å². The molecule has 1 aromatic heterocycles. The third-order valence-electron chi connectivity index (χ3n) is 10.1. The molecule has 0 radical (unpaired) electrons. The number of likely N-dealkylation sites (tertiary alicyclic amines) is 1. The van der Waals surface area contributed by atoms with Crippen LogP contribution in [0, 0.1) is 17.2 Å². The van der Waals surface area contributed by atoms with Crippen molar-refractivity contribution in [2.24, 2.45) is 11.3 Å². The summed E-state index contributed by atoms with van der Waals surface area (Å²) >= 11 is 0.986. The van der Waals surface area contributed by atoms with Gasteiger partial charge < -0.3 is 24.6 Å². The highest BCUT2D eigenvalue weighted by Crippen LogP contribution is 2.52. The lowest BCUT2D eigenvalue weighted by Crippen LogP contribution is -2.59. The zero-order chi connectivity index (χ0) is 36.9. The van der Waals surface area contributed by atoms with E-state index in [1.165, 1.54) is 21.9 Å². The average molecular weight is 764 g/mol. The molecule has 4 aliphatic rings. The van der Waals surface area contributed by atoms with Gasteiger partial charge in [-0.25, -0.2) is 17.6 Å². The number of halogens is 1. The lowest BCUT2D eigenvalue weighted by atomic mass is 9.86. The largest absolute Gasteiger partial charge is 0.444 e. The van der Waals surface area contributed by atoms with Crippen LogP contribution in [0.2, 0.25) is 0 Å². The van der Waals surface area contributed by atoms with Gasteiger partial charge in [0.25, 0.3) is 15.9 Å². The Kier molecular flexibility index (Phi) is 10.0. The Bertz CT molecular complexity index is 1890. The molecule has 4 heterocycles. The van der Waals surface area contributed by atoms with Gasteiger partial charge in [-0.3, -0.25) is 19.3 Å². The van der Waals surface area contributed by atoms with Crippen LogP contribution in [-0.2, 0) is 46.8 Å². The van der Waals surface area contributed by atoms with Crippen molar-refractivity contribution < 1.29 is 41.3 Å². The summed E-state index contributed by atoms with van der Waals surface area (Å²) in [4.78, 5) is 58.1. The zero-order valence-corrected chi connectivity index (χ0v) is 31.3. The number of nitrogens with zero attached hydrogens (tertiary/aromatic N) is 2. The Hall–Kier alpha value is -3.59. The zero-order valence-electron chi connectivity index (χ0n) is 28.7. The smallest absolute Gasteiger partial charge is 0.410 e. The van der Waals surface area contributed by atoms with Gasteiger partial charge >= 0.3 is 6.09 Å². The van der Waals surface area contributed by atoms with Crippen molar-refractivity contribution in [2.45, 2.75) is 87.5 Å². The van der Waals surface area contributed by atoms with E-state index < -0.39 is 82.0 Å². The number of hydrogen-bond acceptors (Lipinski definition) is 9. The van der Waals surface area contributed by atoms with Crippen molar-refractivity contribution in [3.8, 4) is 0 Å². The molecule has 1 aliphatic carbocycles. The number of nitrogens with one attached hydrogen (secondary N) is 3. The molecular formula is C34H43FN5O8PS2. The monoisotopic (exact) mass is 763 g/mol. The fourth-order valence-electron chi connectivity index (χ4n) is 7.08. The molecule has 17 heteroatoms. The Balaban J connectivity index is 1.25. The summed E-state index contributed by atoms with van der Waals surface area (Å²) in [6, 6.07) is 4.97. The van der Waals surface area contributed by atoms with Crippen LogP contribution in [0.25, 0.3) is 0 Å². The lowest BCUT2D eigenvalue weighted by molar-refractivity contribution is -0.142. The molecule has 1 aromatic carbocycles. The quantitative estimate of drug-likeness (QED) is 0.241. The predicted octanol–water partition coefficient (Wildman–Crippen LogP) is 3.95. The van der Waals surface area contributed by atoms with Crippen LogP contribution in [0.15, 0.2) is 52.6 Å². The second-order valence-electron chi connectivity index (χ2n) is 14.8. The van der Waals surface area contributed by atoms with E-state index in [-0.39, 0.29) is 36.7 Å². The van der Waals surface area contributed by atoms with Crippen molar-refractivity contribution in [1.82, 2.24) is 24.9 Å². The maximum atomic E-state index is 14.4. The summed E-state index contributed by atoms with van der Waals surface area (Å²) in [5.74, 6) is -2.91. The van der Waals surface area contributed by atoms with E-state index >= 15 is 0 Å². The highest BCUT2D eigenvalue weighted by atomic mass is 32.2. The molecular weight excluding hydrogens is 721 g/mol. The van der Waals surface area contributed by atoms with Crippen LogP contribution in [-0.4, -0.2) is 84.6 Å². The molecule has 5 atom stereocenters. The number of benzene rings is 1. The van der Waals surface area contributed by atoms with E-state index in [4.69, 9.17) is 4.74 Å². The molecule has 0 spiro atoms. The van der Waals surface area contributed by atoms with Crippen molar-refractivity contribution in [1.29, 1.82) is 0 Å². The van der Waals surface area contributed by atoms with Crippen LogP contribution in [0.5, 0.6) is 0 Å². The first-order chi connectivity index (χ1) is 24.0. The number of rotatable bonds is 10. The minimum atomic E-state index is -4.14. The van der Waals surface area contributed by atoms with Crippen molar-refractivity contribution in [3.63, 3.8) is 0 Å². The van der Waals surface area contributed by atoms with Gasteiger partial charge in [0.2, 0.25) is 11.8 Å². The summed E-state index contributed by atoms with van der Waals surface area (Å²) in [5.41, 5.74) is -1.38. The van der Waals surface area contributed by atoms with Gasteiger partial charge in [-0.2, -0.15) is 4.72 Å². The molecule has 276 valence electrons. The molecule has 51 heavy (non-hydrogen) atoms. The summed E-state index contributed by atoms with van der Waals surface area (Å²) in [5, 5.41) is 7.11. The molecule has 13 nitrogen and oxygen atoms in total. The van der Waals surface area contributed by atoms with Gasteiger partial charge in [0.05, 0.1) is 13.1 Å². The molecule has 2 aromatic rings. The first kappa shape index (κ1) is 37.2. The molecule has 4 amide bonds. The normalized spacial score (nSPS) is 25.9. The number of thiophene rings is 1. The number of amides is 4. The third kappa shape index (κ3) is 7.51. The highest BCUT2D eigenvalue weighted by Gasteiger charge is 2.62. The topological polar surface area (TPSA) is 171 Å². The van der Waals surface area contributed by atoms with E-state index in [0.29, 0.717) is 23.5 Å². The van der Waals surface area contributed by atoms with E-state index in [2.05, 4.69) is 21.7 Å². The van der Waals surface area contributed by atoms with Gasteiger partial charge in [-0.1, -0.05) is 45.0 Å². The number of sulfonamides is 1. The van der Waals surface area contributed by atoms with E-state index in [9.17, 15) is 36.6 Å². The van der Waals surface area contributed by atoms with Crippen molar-refractivity contribution in [3.05, 3.63) is 65.3 Å². The Labute approximate surface area is 300 Å². The number of carbonyl (C=O) groups excluding carboxylic acids is 4. The standard InChI is InChI=1S/C34H43FN5O8PS2/c1-5-22-17-34(22,31(43)37-49(45)13-6-7-14-49)36-29(41)26-16-23(48-32(44)39-18-21-10-8-11-25(35)24(21)20-39)19-40(26)30(42)28(33(2,3)4)38-51(46,47)27-12-9-15-50-27/h5,8-12,15,22-23,26,28,38H,1,6-7,13-14,16-20H2,2-4H3,(H,36,41)(H,37,43,45)/t22?,23?,26-,28+,34+/m0/s1. The van der Waals surface area contributed by atoms with Crippen molar-refractivity contribution >= 4 is 52.5 Å². The highest BCUT2D eigenvalue weighted by molar-refractivity contribution is 7.91. The van der Waals surface area contributed by atoms with E-state index in [1.807, 2.05) is 0 Å². The number of carbonyl (C=O) groups is 4. The first-order valence-corrected chi connectivity index (χ1v) is 21.3. The molecule has 2 saturated heterocycles. The minimum Gasteiger partial charge on any atom is -0.444 e. The van der Waals surface area contributed by atoms with Crippen LogP contribution in [0.4, 0.5) is 9.18 Å². The van der Waals surface area contributed by atoms with E-state index in [1.54, 1.807) is 50.4 Å². The maximum absolute atomic E-state index is 14.4. The van der Waals surface area contributed by atoms with Gasteiger partial charge in [0.1, 0.15) is 33.8 Å². The second-order valence-corrected chi connectivity index (χ2v) is 20.6. The Morgan fingerprint density at radius 1 is 1.14 bits per heavy atom. The average Bonchev–Trinajstić information content (AvgIpc) is 3.66. The molecule has 2 unspecified atom stereocenters. The molecule has 3 fully saturated rings. The molecule has 3 N–H and O–H groups in total. The predicted molar refractivity (Wildman–Crippen MR) is 188 cm³/mol. The molecule has 3 aliphatic heterocycles. The van der Waals surface area contributed by atoms with Crippen LogP contribution < -0.4 is 15.1 Å². The van der Waals surface area contributed by atoms with Gasteiger partial charge in [0.15, 0.2) is 7.29 Å². The summed E-state index contributed by atoms with van der Waals surface area (Å²) < 4.78 is 62.7. The molecule has 1 saturated carbocycles. The Morgan fingerprint density at radius 2 is 1.86 bits per heavy atom. The second kappa shape index (κ2) is 13.8. The van der Waals surface area contributed by atoms with Crippen LogP contribution in [0.1, 0.15) is 57.6 Å². The molecule has 0 bridgehead atoms. The van der Waals surface area contributed by atoms with Crippen molar-refractivity contribution in [2.75, 3.05) is 18.9 Å². The minimum absolute atomic E-state index is 0.00789. The third-order valence-corrected chi connectivity index (χ3v) is 15.6. The summed E-state index contributed by atoms with van der Waals surface area (Å²) in [7, 11) is -7.09. The van der Waals surface area contributed by atoms with Gasteiger partial charge in [-0.15, -0.1) is 17.9 Å². The van der Waals surface area contributed by atoms with Crippen LogP contribution in [0.3, 0.4) is 0 Å². The number of hydrogen-bond donors (Lipinski definition) is 3. The SMILES string of the molecule is C=CC1C[C@]1(NC(=O)[C@@H]1CC(OC(=O)N2Cc3cccc(F)c3C2)CN1C(=O)[C@@H](NS(=O)(=O)c1cccs1)C(C)(C)C)C(=O)NP1(=O)CCCC1. The Morgan fingerprint density at radius 3 is 2.47 bits per heavy atom. The lowest BCUT2D eigenvalue weighted by Gasteiger charge is -2.35. The fourth-order valence-corrected chi connectivity index (χ4v) is 12.0.